The summed E-state index contributed by atoms with van der Waals surface area (Å²) in [4.78, 5) is 14.3. The average molecular weight is 719 g/mol. The summed E-state index contributed by atoms with van der Waals surface area (Å²) >= 11 is 0. The van der Waals surface area contributed by atoms with E-state index < -0.39 is 0 Å². The van der Waals surface area contributed by atoms with Gasteiger partial charge in [-0.1, -0.05) is 78.3 Å². The van der Waals surface area contributed by atoms with Crippen LogP contribution in [0, 0.1) is 27.7 Å². The van der Waals surface area contributed by atoms with E-state index in [2.05, 4.69) is 83.6 Å². The van der Waals surface area contributed by atoms with Crippen molar-refractivity contribution in [3.8, 4) is 34.0 Å². The largest absolute Gasteiger partial charge is 2.00 e. The Labute approximate surface area is 256 Å². The third-order valence-electron chi connectivity index (χ3n) is 7.53. The molecule has 0 amide bonds. The van der Waals surface area contributed by atoms with Gasteiger partial charge in [0.25, 0.3) is 0 Å². The Morgan fingerprint density at radius 2 is 1.37 bits per heavy atom. The molecule has 0 saturated carbocycles. The normalized spacial score (nSPS) is 12.3. The van der Waals surface area contributed by atoms with Crippen LogP contribution in [0.5, 0.6) is 0 Å². The fourth-order valence-corrected chi connectivity index (χ4v) is 5.80. The molecule has 6 heteroatoms. The maximum atomic E-state index is 5.10. The first-order valence-electron chi connectivity index (χ1n) is 14.0. The third-order valence-corrected chi connectivity index (χ3v) is 7.53. The van der Waals surface area contributed by atoms with Gasteiger partial charge >= 0.3 is 21.1 Å². The van der Waals surface area contributed by atoms with Crippen LogP contribution in [0.2, 0.25) is 0 Å². The summed E-state index contributed by atoms with van der Waals surface area (Å²) in [5.74, 6) is 0. The number of aromatic nitrogens is 5. The molecule has 0 fully saturated rings. The predicted octanol–water partition coefficient (Wildman–Crippen LogP) is 7.74. The number of aryl methyl sites for hydroxylation is 4. The van der Waals surface area contributed by atoms with E-state index in [1.54, 1.807) is 0 Å². The molecular formula is C35H33N5Pt. The van der Waals surface area contributed by atoms with E-state index in [0.29, 0.717) is 0 Å². The van der Waals surface area contributed by atoms with Crippen molar-refractivity contribution in [2.45, 2.75) is 53.4 Å². The van der Waals surface area contributed by atoms with Gasteiger partial charge in [-0.05, 0) is 87.2 Å². The minimum Gasteiger partial charge on any atom is -0.659 e. The van der Waals surface area contributed by atoms with Crippen molar-refractivity contribution in [2.24, 2.45) is 0 Å². The molecule has 0 spiro atoms. The molecule has 0 aliphatic heterocycles. The summed E-state index contributed by atoms with van der Waals surface area (Å²) in [5, 5.41) is 11.2. The van der Waals surface area contributed by atoms with E-state index in [-0.39, 0.29) is 21.1 Å². The quantitative estimate of drug-likeness (QED) is 0.188. The minimum absolute atomic E-state index is 0. The summed E-state index contributed by atoms with van der Waals surface area (Å²) in [6.45, 7) is 8.24. The van der Waals surface area contributed by atoms with Crippen LogP contribution in [0.4, 0.5) is 0 Å². The second-order valence-electron chi connectivity index (χ2n) is 10.7. The zero-order valence-corrected chi connectivity index (χ0v) is 26.2. The van der Waals surface area contributed by atoms with Gasteiger partial charge in [0, 0.05) is 28.2 Å². The molecular weight excluding hydrogens is 685 g/mol. The van der Waals surface area contributed by atoms with Gasteiger partial charge in [-0.25, -0.2) is 0 Å². The minimum atomic E-state index is 0. The zero-order chi connectivity index (χ0) is 27.6. The standard InChI is InChI=1S/C27H22N4.C8H11N.Pt/c1-17-20-12-7-8-14-22(20)27(28-17)24-15-19-11-5-6-13-21(19)26(29-24)25-16-23(30-31-25)18-9-3-2-4-10-18;1-6-4-7(2)9-8(3)5-6;/h2-6,9-11,13,15-16H,7-8,12,14H2,1H3;4-5H,1-3H3;/q-2;;+2. The van der Waals surface area contributed by atoms with E-state index in [9.17, 15) is 0 Å². The van der Waals surface area contributed by atoms with Gasteiger partial charge < -0.3 is 15.2 Å². The van der Waals surface area contributed by atoms with Gasteiger partial charge in [-0.3, -0.25) is 9.97 Å². The summed E-state index contributed by atoms with van der Waals surface area (Å²) in [7, 11) is 0. The summed E-state index contributed by atoms with van der Waals surface area (Å²) in [6, 6.07) is 26.9. The summed E-state index contributed by atoms with van der Waals surface area (Å²) < 4.78 is 0. The van der Waals surface area contributed by atoms with E-state index >= 15 is 0 Å². The second kappa shape index (κ2) is 12.4. The zero-order valence-electron chi connectivity index (χ0n) is 23.9. The molecule has 4 heterocycles. The topological polar surface area (TPSA) is 66.9 Å². The average Bonchev–Trinajstić information content (AvgIpc) is 3.58. The molecule has 6 aromatic rings. The number of fused-ring (bicyclic) bond motifs is 2. The number of benzene rings is 2. The summed E-state index contributed by atoms with van der Waals surface area (Å²) in [6.07, 6.45) is 4.69. The molecule has 1 aliphatic carbocycles. The maximum absolute atomic E-state index is 5.10. The smallest absolute Gasteiger partial charge is 0.659 e. The number of hydrogen-bond donors (Lipinski definition) is 0. The van der Waals surface area contributed by atoms with E-state index in [1.165, 1.54) is 29.5 Å². The molecule has 7 rings (SSSR count). The second-order valence-corrected chi connectivity index (χ2v) is 10.7. The van der Waals surface area contributed by atoms with Crippen molar-refractivity contribution in [1.82, 2.24) is 25.1 Å². The summed E-state index contributed by atoms with van der Waals surface area (Å²) in [5.41, 5.74) is 13.0. The fraction of sp³-hybridized carbons (Fsp3) is 0.229. The molecule has 41 heavy (non-hydrogen) atoms. The molecule has 5 nitrogen and oxygen atoms in total. The SMILES string of the molecule is Cc1[n-]c(-c2cc3ccccc3c(-c3cc(-c4ccccc4)n[n-]3)n2)c2c1CCCC2.Cc1cc(C)nc(C)c1.[Pt+2]. The van der Waals surface area contributed by atoms with Crippen molar-refractivity contribution in [2.75, 3.05) is 0 Å². The molecule has 0 N–H and O–H groups in total. The van der Waals surface area contributed by atoms with Crippen LogP contribution in [0.25, 0.3) is 44.8 Å². The number of pyridine rings is 2. The molecule has 0 unspecified atom stereocenters. The van der Waals surface area contributed by atoms with Crippen molar-refractivity contribution in [3.05, 3.63) is 113 Å². The Morgan fingerprint density at radius 1 is 0.683 bits per heavy atom. The van der Waals surface area contributed by atoms with Crippen LogP contribution in [0.15, 0.2) is 78.9 Å². The molecule has 2 aromatic carbocycles. The van der Waals surface area contributed by atoms with Crippen molar-refractivity contribution < 1.29 is 21.1 Å². The fourth-order valence-electron chi connectivity index (χ4n) is 5.80. The molecule has 1 aliphatic rings. The number of rotatable bonds is 3. The molecule has 4 aromatic heterocycles. The number of hydrogen-bond acceptors (Lipinski definition) is 3. The van der Waals surface area contributed by atoms with Crippen LogP contribution in [0.3, 0.4) is 0 Å². The van der Waals surface area contributed by atoms with Gasteiger partial charge in [0.1, 0.15) is 0 Å². The Hall–Kier alpha value is -3.82. The third kappa shape index (κ3) is 6.11. The van der Waals surface area contributed by atoms with Crippen molar-refractivity contribution >= 4 is 10.8 Å². The maximum Gasteiger partial charge on any atom is 2.00 e. The van der Waals surface area contributed by atoms with Gasteiger partial charge in [0.2, 0.25) is 0 Å². The molecule has 0 bridgehead atoms. The predicted molar refractivity (Wildman–Crippen MR) is 162 cm³/mol. The van der Waals surface area contributed by atoms with Gasteiger partial charge in [-0.15, -0.1) is 5.69 Å². The first-order chi connectivity index (χ1) is 19.5. The molecule has 0 saturated heterocycles. The first-order valence-corrected chi connectivity index (χ1v) is 14.0. The van der Waals surface area contributed by atoms with E-state index in [1.807, 2.05) is 38.1 Å². The number of nitrogens with zero attached hydrogens (tertiary/aromatic N) is 5. The Morgan fingerprint density at radius 3 is 2.10 bits per heavy atom. The Balaban J connectivity index is 0.000000291. The van der Waals surface area contributed by atoms with Crippen LogP contribution >= 0.6 is 0 Å². The van der Waals surface area contributed by atoms with Crippen molar-refractivity contribution in [3.63, 3.8) is 0 Å². The van der Waals surface area contributed by atoms with Crippen molar-refractivity contribution in [1.29, 1.82) is 0 Å². The van der Waals surface area contributed by atoms with E-state index in [4.69, 9.17) is 9.97 Å². The Kier molecular flexibility index (Phi) is 8.65. The molecule has 208 valence electrons. The van der Waals surface area contributed by atoms with Crippen LogP contribution in [-0.4, -0.2) is 15.1 Å². The van der Waals surface area contributed by atoms with Crippen LogP contribution < -0.4 is 10.1 Å². The molecule has 0 atom stereocenters. The Bertz CT molecular complexity index is 1750. The van der Waals surface area contributed by atoms with Gasteiger partial charge in [0.05, 0.1) is 5.69 Å². The van der Waals surface area contributed by atoms with Crippen LogP contribution in [-0.2, 0) is 33.9 Å². The monoisotopic (exact) mass is 718 g/mol. The van der Waals surface area contributed by atoms with E-state index in [0.717, 1.165) is 74.7 Å². The molecule has 0 radical (unpaired) electrons. The van der Waals surface area contributed by atoms with Crippen LogP contribution in [0.1, 0.15) is 46.6 Å². The van der Waals surface area contributed by atoms with Gasteiger partial charge in [0.15, 0.2) is 0 Å². The first kappa shape index (κ1) is 28.7. The van der Waals surface area contributed by atoms with Gasteiger partial charge in [-0.2, -0.15) is 5.69 Å².